The van der Waals surface area contributed by atoms with Crippen molar-refractivity contribution in [2.75, 3.05) is 39.4 Å². The van der Waals surface area contributed by atoms with E-state index in [9.17, 15) is 0 Å². The monoisotopic (exact) mass is 249 g/mol. The maximum absolute atomic E-state index is 8.62. The largest absolute Gasteiger partial charge is 0.449 e. The van der Waals surface area contributed by atoms with Crippen molar-refractivity contribution < 1.29 is 9.15 Å². The second kappa shape index (κ2) is 7.17. The summed E-state index contributed by atoms with van der Waals surface area (Å²) in [5.74, 6) is 1.19. The standard InChI is InChI=1S/C13H19N3O2/c14-10-12-2-3-13(18-12)11-15-4-1-5-16-6-8-17-9-7-16/h2-3,15H,1,4-9,11H2. The van der Waals surface area contributed by atoms with Crippen LogP contribution in [0, 0.1) is 11.3 Å². The molecule has 1 saturated heterocycles. The zero-order chi connectivity index (χ0) is 12.6. The molecule has 0 spiro atoms. The highest BCUT2D eigenvalue weighted by Crippen LogP contribution is 2.05. The number of nitrogens with zero attached hydrogens (tertiary/aromatic N) is 2. The first-order chi connectivity index (χ1) is 8.88. The number of rotatable bonds is 6. The Hall–Kier alpha value is -1.35. The van der Waals surface area contributed by atoms with Gasteiger partial charge in [0.25, 0.3) is 0 Å². The minimum absolute atomic E-state index is 0.375. The van der Waals surface area contributed by atoms with Gasteiger partial charge in [0, 0.05) is 13.1 Å². The van der Waals surface area contributed by atoms with Gasteiger partial charge in [-0.15, -0.1) is 0 Å². The van der Waals surface area contributed by atoms with Crippen LogP contribution in [-0.4, -0.2) is 44.3 Å². The summed E-state index contributed by atoms with van der Waals surface area (Å²) >= 11 is 0. The average molecular weight is 249 g/mol. The van der Waals surface area contributed by atoms with Crippen LogP contribution < -0.4 is 5.32 Å². The fourth-order valence-corrected chi connectivity index (χ4v) is 2.00. The Balaban J connectivity index is 1.54. The van der Waals surface area contributed by atoms with Gasteiger partial charge in [-0.25, -0.2) is 0 Å². The van der Waals surface area contributed by atoms with E-state index in [1.54, 1.807) is 6.07 Å². The van der Waals surface area contributed by atoms with E-state index in [4.69, 9.17) is 14.4 Å². The van der Waals surface area contributed by atoms with Crippen molar-refractivity contribution in [1.29, 1.82) is 5.26 Å². The van der Waals surface area contributed by atoms with Crippen LogP contribution in [0.25, 0.3) is 0 Å². The zero-order valence-electron chi connectivity index (χ0n) is 10.5. The quantitative estimate of drug-likeness (QED) is 0.761. The van der Waals surface area contributed by atoms with Crippen LogP contribution in [0.3, 0.4) is 0 Å². The Labute approximate surface area is 107 Å². The lowest BCUT2D eigenvalue weighted by atomic mass is 10.3. The molecule has 1 N–H and O–H groups in total. The van der Waals surface area contributed by atoms with E-state index in [-0.39, 0.29) is 0 Å². The highest BCUT2D eigenvalue weighted by atomic mass is 16.5. The molecule has 18 heavy (non-hydrogen) atoms. The van der Waals surface area contributed by atoms with Crippen molar-refractivity contribution in [1.82, 2.24) is 10.2 Å². The highest BCUT2D eigenvalue weighted by Gasteiger charge is 2.09. The first-order valence-electron chi connectivity index (χ1n) is 6.38. The molecule has 1 aliphatic heterocycles. The van der Waals surface area contributed by atoms with Crippen molar-refractivity contribution in [3.63, 3.8) is 0 Å². The topological polar surface area (TPSA) is 61.4 Å². The molecule has 1 fully saturated rings. The maximum atomic E-state index is 8.62. The van der Waals surface area contributed by atoms with E-state index in [2.05, 4.69) is 10.2 Å². The number of nitriles is 1. The van der Waals surface area contributed by atoms with Crippen LogP contribution in [0.4, 0.5) is 0 Å². The zero-order valence-corrected chi connectivity index (χ0v) is 10.5. The molecule has 2 heterocycles. The summed E-state index contributed by atoms with van der Waals surface area (Å²) in [6.07, 6.45) is 1.12. The normalized spacial score (nSPS) is 16.6. The average Bonchev–Trinajstić information content (AvgIpc) is 2.87. The van der Waals surface area contributed by atoms with Gasteiger partial charge in [0.05, 0.1) is 19.8 Å². The Kier molecular flexibility index (Phi) is 5.21. The molecule has 0 unspecified atom stereocenters. The Morgan fingerprint density at radius 1 is 1.33 bits per heavy atom. The fourth-order valence-electron chi connectivity index (χ4n) is 2.00. The third-order valence-electron chi connectivity index (χ3n) is 3.00. The van der Waals surface area contributed by atoms with Gasteiger partial charge in [-0.2, -0.15) is 5.26 Å². The summed E-state index contributed by atoms with van der Waals surface area (Å²) in [5.41, 5.74) is 0. The molecule has 5 nitrogen and oxygen atoms in total. The SMILES string of the molecule is N#Cc1ccc(CNCCCN2CCOCC2)o1. The van der Waals surface area contributed by atoms with Crippen molar-refractivity contribution >= 4 is 0 Å². The first-order valence-corrected chi connectivity index (χ1v) is 6.38. The Bertz CT molecular complexity index is 391. The molecule has 98 valence electrons. The molecule has 0 bridgehead atoms. The van der Waals surface area contributed by atoms with E-state index < -0.39 is 0 Å². The van der Waals surface area contributed by atoms with Gasteiger partial charge in [0.1, 0.15) is 11.8 Å². The molecule has 0 radical (unpaired) electrons. The van der Waals surface area contributed by atoms with Crippen molar-refractivity contribution in [2.24, 2.45) is 0 Å². The number of nitrogens with one attached hydrogen (secondary N) is 1. The summed E-state index contributed by atoms with van der Waals surface area (Å²) < 4.78 is 10.6. The van der Waals surface area contributed by atoms with E-state index in [0.717, 1.165) is 51.6 Å². The number of morpholine rings is 1. The lowest BCUT2D eigenvalue weighted by molar-refractivity contribution is 0.0374. The van der Waals surface area contributed by atoms with Gasteiger partial charge < -0.3 is 14.5 Å². The predicted octanol–water partition coefficient (Wildman–Crippen LogP) is 0.963. The van der Waals surface area contributed by atoms with Crippen LogP contribution in [0.2, 0.25) is 0 Å². The van der Waals surface area contributed by atoms with E-state index in [0.29, 0.717) is 12.3 Å². The van der Waals surface area contributed by atoms with Crippen LogP contribution in [-0.2, 0) is 11.3 Å². The molecule has 0 saturated carbocycles. The minimum Gasteiger partial charge on any atom is -0.449 e. The lowest BCUT2D eigenvalue weighted by Crippen LogP contribution is -2.37. The summed E-state index contributed by atoms with van der Waals surface area (Å²) in [6, 6.07) is 5.52. The van der Waals surface area contributed by atoms with Crippen LogP contribution in [0.15, 0.2) is 16.5 Å². The molecule has 0 amide bonds. The molecule has 0 aromatic carbocycles. The van der Waals surface area contributed by atoms with Crippen LogP contribution >= 0.6 is 0 Å². The number of ether oxygens (including phenoxy) is 1. The minimum atomic E-state index is 0.375. The highest BCUT2D eigenvalue weighted by molar-refractivity contribution is 5.18. The summed E-state index contributed by atoms with van der Waals surface area (Å²) in [5, 5.41) is 11.9. The van der Waals surface area contributed by atoms with Gasteiger partial charge >= 0.3 is 0 Å². The van der Waals surface area contributed by atoms with Crippen LogP contribution in [0.1, 0.15) is 17.9 Å². The number of furan rings is 1. The second-order valence-corrected chi connectivity index (χ2v) is 4.36. The summed E-state index contributed by atoms with van der Waals surface area (Å²) in [6.45, 7) is 6.56. The molecular weight excluding hydrogens is 230 g/mol. The van der Waals surface area contributed by atoms with Crippen LogP contribution in [0.5, 0.6) is 0 Å². The van der Waals surface area contributed by atoms with Gasteiger partial charge in [-0.3, -0.25) is 4.90 Å². The molecule has 0 atom stereocenters. The third-order valence-corrected chi connectivity index (χ3v) is 3.00. The Morgan fingerprint density at radius 2 is 2.17 bits per heavy atom. The van der Waals surface area contributed by atoms with E-state index in [1.165, 1.54) is 0 Å². The van der Waals surface area contributed by atoms with Crippen molar-refractivity contribution in [3.8, 4) is 6.07 Å². The summed E-state index contributed by atoms with van der Waals surface area (Å²) in [4.78, 5) is 2.42. The lowest BCUT2D eigenvalue weighted by Gasteiger charge is -2.26. The molecule has 5 heteroatoms. The smallest absolute Gasteiger partial charge is 0.203 e. The second-order valence-electron chi connectivity index (χ2n) is 4.36. The first kappa shape index (κ1) is 13.1. The number of hydrogen-bond donors (Lipinski definition) is 1. The molecule has 2 rings (SSSR count). The van der Waals surface area contributed by atoms with Crippen molar-refractivity contribution in [2.45, 2.75) is 13.0 Å². The van der Waals surface area contributed by atoms with Gasteiger partial charge in [0.2, 0.25) is 5.76 Å². The molecule has 1 aromatic heterocycles. The molecule has 1 aromatic rings. The third kappa shape index (κ3) is 4.15. The van der Waals surface area contributed by atoms with Gasteiger partial charge in [0.15, 0.2) is 0 Å². The Morgan fingerprint density at radius 3 is 2.89 bits per heavy atom. The van der Waals surface area contributed by atoms with Gasteiger partial charge in [-0.1, -0.05) is 0 Å². The van der Waals surface area contributed by atoms with E-state index in [1.807, 2.05) is 12.1 Å². The number of hydrogen-bond acceptors (Lipinski definition) is 5. The predicted molar refractivity (Wildman–Crippen MR) is 67.0 cm³/mol. The fraction of sp³-hybridized carbons (Fsp3) is 0.615. The van der Waals surface area contributed by atoms with E-state index >= 15 is 0 Å². The maximum Gasteiger partial charge on any atom is 0.203 e. The molecular formula is C13H19N3O2. The molecule has 0 aliphatic carbocycles. The van der Waals surface area contributed by atoms with Crippen molar-refractivity contribution in [3.05, 3.63) is 23.7 Å². The summed E-state index contributed by atoms with van der Waals surface area (Å²) in [7, 11) is 0. The molecule has 1 aliphatic rings. The van der Waals surface area contributed by atoms with Gasteiger partial charge in [-0.05, 0) is 31.6 Å².